The van der Waals surface area contributed by atoms with Gasteiger partial charge in [0.1, 0.15) is 11.0 Å². The van der Waals surface area contributed by atoms with Gasteiger partial charge in [-0.2, -0.15) is 0 Å². The minimum absolute atomic E-state index is 0.0845. The molecule has 1 aromatic heterocycles. The Morgan fingerprint density at radius 3 is 2.50 bits per heavy atom. The standard InChI is InChI=1S/C24H25N3O4.C6H11N3OS/c1-16-14-27(12-13-28)23(29)19-9-5-11-21(22(19)31-15-16)26-24(30)25-20-10-4-7-17-6-2-3-8-18(17)20;1-8(2)11(10)6-4-9(3)5-7-6/h2-11,16,28H,12-15H2,1H3,(H2,25,26,30);4-5H,1-3H3. The van der Waals surface area contributed by atoms with Crippen LogP contribution in [0.1, 0.15) is 17.3 Å². The van der Waals surface area contributed by atoms with Gasteiger partial charge in [0, 0.05) is 37.6 Å². The molecule has 1 aliphatic heterocycles. The maximum Gasteiger partial charge on any atom is 0.323 e. The lowest BCUT2D eigenvalue weighted by molar-refractivity contribution is 0.0645. The highest BCUT2D eigenvalue weighted by atomic mass is 32.2. The van der Waals surface area contributed by atoms with Crippen molar-refractivity contribution in [2.24, 2.45) is 13.0 Å². The largest absolute Gasteiger partial charge is 0.490 e. The van der Waals surface area contributed by atoms with Gasteiger partial charge in [0.2, 0.25) is 0 Å². The summed E-state index contributed by atoms with van der Waals surface area (Å²) >= 11 is 0. The highest BCUT2D eigenvalue weighted by Gasteiger charge is 2.27. The molecule has 4 aromatic rings. The number of aromatic nitrogens is 2. The molecular weight excluding hydrogens is 556 g/mol. The number of para-hydroxylation sites is 1. The lowest BCUT2D eigenvalue weighted by Gasteiger charge is -2.30. The van der Waals surface area contributed by atoms with Gasteiger partial charge in [0.15, 0.2) is 10.8 Å². The summed E-state index contributed by atoms with van der Waals surface area (Å²) in [4.78, 5) is 31.4. The van der Waals surface area contributed by atoms with E-state index in [4.69, 9.17) is 4.74 Å². The first-order chi connectivity index (χ1) is 20.2. The number of carbonyl (C=O) groups is 2. The first-order valence-electron chi connectivity index (χ1n) is 13.5. The van der Waals surface area contributed by atoms with Crippen molar-refractivity contribution >= 4 is 45.1 Å². The van der Waals surface area contributed by atoms with Crippen molar-refractivity contribution in [3.8, 4) is 5.75 Å². The lowest BCUT2D eigenvalue weighted by Crippen LogP contribution is -2.40. The van der Waals surface area contributed by atoms with Gasteiger partial charge in [-0.25, -0.2) is 18.3 Å². The van der Waals surface area contributed by atoms with Crippen LogP contribution in [-0.2, 0) is 18.0 Å². The van der Waals surface area contributed by atoms with E-state index < -0.39 is 17.0 Å². The monoisotopic (exact) mass is 592 g/mol. The van der Waals surface area contributed by atoms with Crippen LogP contribution in [0.3, 0.4) is 0 Å². The van der Waals surface area contributed by atoms with Crippen LogP contribution < -0.4 is 15.4 Å². The van der Waals surface area contributed by atoms with Crippen molar-refractivity contribution in [3.05, 3.63) is 78.8 Å². The fourth-order valence-corrected chi connectivity index (χ4v) is 5.22. The number of benzene rings is 3. The average Bonchev–Trinajstić information content (AvgIpc) is 3.41. The number of β-amino-alcohol motifs (C(OH)–C–C–N with tert-alkyl or cyclic N) is 1. The first-order valence-corrected chi connectivity index (χ1v) is 14.6. The van der Waals surface area contributed by atoms with E-state index in [1.165, 1.54) is 0 Å². The average molecular weight is 593 g/mol. The molecule has 11 nitrogen and oxygen atoms in total. The third kappa shape index (κ3) is 7.52. The van der Waals surface area contributed by atoms with Gasteiger partial charge in [-0.3, -0.25) is 4.79 Å². The molecule has 0 bridgehead atoms. The van der Waals surface area contributed by atoms with E-state index in [1.807, 2.05) is 56.4 Å². The highest BCUT2D eigenvalue weighted by molar-refractivity contribution is 7.82. The summed E-state index contributed by atoms with van der Waals surface area (Å²) in [6, 6.07) is 18.2. The fourth-order valence-electron chi connectivity index (χ4n) is 4.46. The number of amides is 3. The zero-order valence-corrected chi connectivity index (χ0v) is 24.9. The minimum Gasteiger partial charge on any atom is -0.490 e. The van der Waals surface area contributed by atoms with Crippen LogP contribution in [0.15, 0.2) is 78.2 Å². The third-order valence-electron chi connectivity index (χ3n) is 6.42. The third-order valence-corrected chi connectivity index (χ3v) is 7.66. The Morgan fingerprint density at radius 2 is 1.79 bits per heavy atom. The van der Waals surface area contributed by atoms with E-state index in [9.17, 15) is 18.9 Å². The number of aryl methyl sites for hydroxylation is 1. The van der Waals surface area contributed by atoms with Gasteiger partial charge in [-0.15, -0.1) is 0 Å². The lowest BCUT2D eigenvalue weighted by atomic mass is 10.1. The Balaban J connectivity index is 0.000000310. The maximum absolute atomic E-state index is 13.0. The summed E-state index contributed by atoms with van der Waals surface area (Å²) < 4.78 is 20.6. The Kier molecular flexibility index (Phi) is 10.3. The molecular formula is C30H36N6O5S. The topological polar surface area (TPSA) is 129 Å². The number of nitrogens with one attached hydrogen (secondary N) is 2. The molecule has 0 aliphatic carbocycles. The number of nitrogens with zero attached hydrogens (tertiary/aromatic N) is 4. The molecule has 3 aromatic carbocycles. The smallest absolute Gasteiger partial charge is 0.323 e. The molecule has 3 amide bonds. The minimum atomic E-state index is -1.11. The Labute approximate surface area is 247 Å². The predicted octanol–water partition coefficient (Wildman–Crippen LogP) is 3.95. The molecule has 42 heavy (non-hydrogen) atoms. The predicted molar refractivity (Wildman–Crippen MR) is 164 cm³/mol. The van der Waals surface area contributed by atoms with Crippen LogP contribution in [0.2, 0.25) is 0 Å². The van der Waals surface area contributed by atoms with E-state index in [-0.39, 0.29) is 25.0 Å². The SMILES string of the molecule is CC1COc2c(NC(=O)Nc3cccc4ccccc34)cccc2C(=O)N(CCO)C1.CN(C)S(=O)c1cn(C)cn1. The molecule has 2 heterocycles. The van der Waals surface area contributed by atoms with E-state index >= 15 is 0 Å². The van der Waals surface area contributed by atoms with Crippen LogP contribution in [-0.4, -0.2) is 80.4 Å². The van der Waals surface area contributed by atoms with Crippen molar-refractivity contribution in [2.45, 2.75) is 11.9 Å². The summed E-state index contributed by atoms with van der Waals surface area (Å²) in [5.74, 6) is 0.199. The van der Waals surface area contributed by atoms with Crippen molar-refractivity contribution in [1.82, 2.24) is 18.8 Å². The van der Waals surface area contributed by atoms with E-state index in [0.29, 0.717) is 40.9 Å². The Bertz CT molecular complexity index is 1570. The van der Waals surface area contributed by atoms with E-state index in [2.05, 4.69) is 15.6 Å². The fraction of sp³-hybridized carbons (Fsp3) is 0.300. The number of hydrogen-bond donors (Lipinski definition) is 3. The van der Waals surface area contributed by atoms with Gasteiger partial charge in [0.25, 0.3) is 5.91 Å². The molecule has 0 radical (unpaired) electrons. The molecule has 0 saturated heterocycles. The van der Waals surface area contributed by atoms with Crippen LogP contribution in [0, 0.1) is 5.92 Å². The summed E-state index contributed by atoms with van der Waals surface area (Å²) in [5, 5.41) is 17.6. The molecule has 0 fully saturated rings. The van der Waals surface area contributed by atoms with Crippen molar-refractivity contribution in [2.75, 3.05) is 51.0 Å². The second kappa shape index (κ2) is 14.1. The highest BCUT2D eigenvalue weighted by Crippen LogP contribution is 2.32. The number of aliphatic hydroxyl groups excluding tert-OH is 1. The number of rotatable bonds is 6. The van der Waals surface area contributed by atoms with Gasteiger partial charge in [0.05, 0.1) is 36.5 Å². The number of fused-ring (bicyclic) bond motifs is 2. The quantitative estimate of drug-likeness (QED) is 0.311. The van der Waals surface area contributed by atoms with Crippen molar-refractivity contribution in [1.29, 1.82) is 0 Å². The summed E-state index contributed by atoms with van der Waals surface area (Å²) in [6.07, 6.45) is 3.38. The van der Waals surface area contributed by atoms with Crippen molar-refractivity contribution in [3.63, 3.8) is 0 Å². The van der Waals surface area contributed by atoms with E-state index in [0.717, 1.165) is 10.8 Å². The second-order valence-corrected chi connectivity index (χ2v) is 11.8. The Morgan fingerprint density at radius 1 is 1.10 bits per heavy atom. The summed E-state index contributed by atoms with van der Waals surface area (Å²) in [6.45, 7) is 3.01. The molecule has 2 atom stereocenters. The summed E-state index contributed by atoms with van der Waals surface area (Å²) in [5.41, 5.74) is 1.47. The number of anilines is 2. The van der Waals surface area contributed by atoms with Crippen LogP contribution in [0.25, 0.3) is 10.8 Å². The molecule has 0 saturated carbocycles. The number of carbonyl (C=O) groups excluding carboxylic acids is 2. The second-order valence-electron chi connectivity index (χ2n) is 10.1. The van der Waals surface area contributed by atoms with Crippen LogP contribution in [0.5, 0.6) is 5.75 Å². The number of ether oxygens (including phenoxy) is 1. The molecule has 5 rings (SSSR count). The normalized spacial score (nSPS) is 15.5. The van der Waals surface area contributed by atoms with Gasteiger partial charge in [-0.1, -0.05) is 49.4 Å². The van der Waals surface area contributed by atoms with Gasteiger partial charge >= 0.3 is 6.03 Å². The van der Waals surface area contributed by atoms with Crippen LogP contribution >= 0.6 is 0 Å². The molecule has 222 valence electrons. The summed E-state index contributed by atoms with van der Waals surface area (Å²) in [7, 11) is 4.25. The Hall–Kier alpha value is -4.26. The number of aliphatic hydroxyl groups is 1. The van der Waals surface area contributed by atoms with Gasteiger partial charge < -0.3 is 29.9 Å². The number of hydrogen-bond acceptors (Lipinski definition) is 6. The molecule has 2 unspecified atom stereocenters. The van der Waals surface area contributed by atoms with Crippen molar-refractivity contribution < 1.29 is 23.6 Å². The van der Waals surface area contributed by atoms with Gasteiger partial charge in [-0.05, 0) is 37.7 Å². The molecule has 0 spiro atoms. The van der Waals surface area contributed by atoms with Crippen LogP contribution in [0.4, 0.5) is 16.2 Å². The number of imidazole rings is 1. The zero-order chi connectivity index (χ0) is 30.2. The first kappa shape index (κ1) is 30.7. The molecule has 3 N–H and O–H groups in total. The molecule has 1 aliphatic rings. The molecule has 12 heteroatoms. The number of urea groups is 1. The van der Waals surface area contributed by atoms with E-state index in [1.54, 1.807) is 58.6 Å². The maximum atomic E-state index is 13.0. The zero-order valence-electron chi connectivity index (χ0n) is 24.1.